The van der Waals surface area contributed by atoms with Crippen LogP contribution in [0.1, 0.15) is 16.7 Å². The summed E-state index contributed by atoms with van der Waals surface area (Å²) in [6.45, 7) is 0. The zero-order valence-corrected chi connectivity index (χ0v) is 27.4. The molecule has 0 saturated heterocycles. The molecule has 2 heterocycles. The van der Waals surface area contributed by atoms with Gasteiger partial charge in [0.2, 0.25) is 0 Å². The van der Waals surface area contributed by atoms with Crippen molar-refractivity contribution in [3.05, 3.63) is 205 Å². The van der Waals surface area contributed by atoms with Crippen molar-refractivity contribution in [3.8, 4) is 16.8 Å². The van der Waals surface area contributed by atoms with Crippen LogP contribution in [0.4, 0.5) is 17.1 Å². The van der Waals surface area contributed by atoms with E-state index in [0.717, 1.165) is 17.1 Å². The van der Waals surface area contributed by atoms with E-state index in [1.54, 1.807) is 0 Å². The van der Waals surface area contributed by atoms with Crippen LogP contribution in [0.25, 0.3) is 61.0 Å². The molecule has 8 aromatic carbocycles. The molecule has 0 amide bonds. The molecule has 0 N–H and O–H groups in total. The lowest BCUT2D eigenvalue weighted by Crippen LogP contribution is -2.12. The molecule has 0 unspecified atom stereocenters. The SMILES string of the molecule is C1=C(c2ccccc2)c2cccc3c4ccc(N(c5ccccc5-c5ccccc5)c5cccc6ccccc56)cc4n(c23)-c2ccccc21. The molecule has 0 aliphatic carbocycles. The minimum atomic E-state index is 1.11. The Kier molecular flexibility index (Phi) is 6.53. The van der Waals surface area contributed by atoms with E-state index >= 15 is 0 Å². The summed E-state index contributed by atoms with van der Waals surface area (Å²) >= 11 is 0. The number of rotatable bonds is 5. The summed E-state index contributed by atoms with van der Waals surface area (Å²) in [7, 11) is 0. The predicted octanol–water partition coefficient (Wildman–Crippen LogP) is 13.0. The van der Waals surface area contributed by atoms with Gasteiger partial charge in [-0.05, 0) is 64.1 Å². The molecule has 1 aromatic heterocycles. The maximum absolute atomic E-state index is 2.50. The summed E-state index contributed by atoms with van der Waals surface area (Å²) in [6, 6.07) is 68.2. The fraction of sp³-hybridized carbons (Fsp3) is 0. The van der Waals surface area contributed by atoms with Crippen molar-refractivity contribution >= 4 is 61.3 Å². The third-order valence-electron chi connectivity index (χ3n) is 10.1. The molecule has 1 aliphatic heterocycles. The number of aromatic nitrogens is 1. The third kappa shape index (κ3) is 4.43. The standard InChI is InChI=1S/C48H32N2/c1-3-15-33(16-4-1)38-23-10-12-27-45(38)49(46-28-13-21-34-19-7-9-22-39(34)46)37-29-30-40-41-24-14-25-42-43(35-17-5-2-6-18-35)31-36-20-8-11-26-44(36)50(48(41)42)47(40)32-37/h1-32H. The van der Waals surface area contributed by atoms with E-state index in [1.165, 1.54) is 71.7 Å². The summed E-state index contributed by atoms with van der Waals surface area (Å²) in [6.07, 6.45) is 2.36. The first-order valence-corrected chi connectivity index (χ1v) is 17.2. The predicted molar refractivity (Wildman–Crippen MR) is 212 cm³/mol. The van der Waals surface area contributed by atoms with E-state index in [4.69, 9.17) is 0 Å². The molecule has 0 fully saturated rings. The van der Waals surface area contributed by atoms with Crippen LogP contribution in [0, 0.1) is 0 Å². The van der Waals surface area contributed by atoms with Crippen LogP contribution < -0.4 is 4.90 Å². The van der Waals surface area contributed by atoms with Crippen molar-refractivity contribution in [2.45, 2.75) is 0 Å². The highest BCUT2D eigenvalue weighted by Gasteiger charge is 2.25. The van der Waals surface area contributed by atoms with Gasteiger partial charge >= 0.3 is 0 Å². The van der Waals surface area contributed by atoms with E-state index < -0.39 is 0 Å². The number of fused-ring (bicyclic) bond motifs is 6. The second kappa shape index (κ2) is 11.5. The molecule has 0 spiro atoms. The number of nitrogens with zero attached hydrogens (tertiary/aromatic N) is 2. The number of hydrogen-bond acceptors (Lipinski definition) is 1. The van der Waals surface area contributed by atoms with Gasteiger partial charge in [0.1, 0.15) is 0 Å². The summed E-state index contributed by atoms with van der Waals surface area (Å²) < 4.78 is 2.50. The van der Waals surface area contributed by atoms with Gasteiger partial charge in [0.25, 0.3) is 0 Å². The van der Waals surface area contributed by atoms with Gasteiger partial charge in [0, 0.05) is 33.0 Å². The normalized spacial score (nSPS) is 12.1. The van der Waals surface area contributed by atoms with Crippen molar-refractivity contribution in [1.29, 1.82) is 0 Å². The first-order valence-electron chi connectivity index (χ1n) is 17.2. The number of hydrogen-bond donors (Lipinski definition) is 0. The van der Waals surface area contributed by atoms with Crippen LogP contribution in [-0.2, 0) is 0 Å². The van der Waals surface area contributed by atoms with Crippen LogP contribution in [0.5, 0.6) is 0 Å². The van der Waals surface area contributed by atoms with E-state index in [0.29, 0.717) is 0 Å². The van der Waals surface area contributed by atoms with Crippen molar-refractivity contribution in [2.24, 2.45) is 0 Å². The molecule has 2 nitrogen and oxygen atoms in total. The van der Waals surface area contributed by atoms with Gasteiger partial charge in [-0.15, -0.1) is 0 Å². The highest BCUT2D eigenvalue weighted by molar-refractivity contribution is 6.16. The first kappa shape index (κ1) is 28.4. The van der Waals surface area contributed by atoms with Crippen LogP contribution >= 0.6 is 0 Å². The van der Waals surface area contributed by atoms with Crippen LogP contribution in [-0.4, -0.2) is 4.57 Å². The minimum absolute atomic E-state index is 1.11. The zero-order valence-electron chi connectivity index (χ0n) is 27.4. The molecule has 50 heavy (non-hydrogen) atoms. The monoisotopic (exact) mass is 636 g/mol. The zero-order chi connectivity index (χ0) is 33.0. The van der Waals surface area contributed by atoms with E-state index in [2.05, 4.69) is 204 Å². The molecular weight excluding hydrogens is 605 g/mol. The Balaban J connectivity index is 1.29. The van der Waals surface area contributed by atoms with Gasteiger partial charge in [-0.25, -0.2) is 0 Å². The molecule has 234 valence electrons. The molecule has 0 radical (unpaired) electrons. The Morgan fingerprint density at radius 1 is 0.420 bits per heavy atom. The van der Waals surface area contributed by atoms with Gasteiger partial charge < -0.3 is 9.47 Å². The van der Waals surface area contributed by atoms with Crippen molar-refractivity contribution in [3.63, 3.8) is 0 Å². The van der Waals surface area contributed by atoms with Gasteiger partial charge in [-0.1, -0.05) is 158 Å². The van der Waals surface area contributed by atoms with Gasteiger partial charge in [-0.2, -0.15) is 0 Å². The van der Waals surface area contributed by atoms with Crippen molar-refractivity contribution < 1.29 is 0 Å². The summed E-state index contributed by atoms with van der Waals surface area (Å²) in [5, 5.41) is 4.92. The Morgan fingerprint density at radius 2 is 1.06 bits per heavy atom. The molecule has 1 aliphatic rings. The summed E-state index contributed by atoms with van der Waals surface area (Å²) in [5.41, 5.74) is 14.3. The average Bonchev–Trinajstić information content (AvgIpc) is 3.43. The quantitative estimate of drug-likeness (QED) is 0.182. The number of anilines is 3. The topological polar surface area (TPSA) is 8.17 Å². The highest BCUT2D eigenvalue weighted by Crippen LogP contribution is 2.47. The first-order chi connectivity index (χ1) is 24.8. The fourth-order valence-corrected chi connectivity index (χ4v) is 7.91. The van der Waals surface area contributed by atoms with E-state index in [-0.39, 0.29) is 0 Å². The Labute approximate surface area is 291 Å². The molecule has 2 heteroatoms. The minimum Gasteiger partial charge on any atom is -0.309 e. The number of para-hydroxylation sites is 3. The Bertz CT molecular complexity index is 2750. The Hall–Kier alpha value is -6.64. The summed E-state index contributed by atoms with van der Waals surface area (Å²) in [5.74, 6) is 0. The molecule has 9 aromatic rings. The Morgan fingerprint density at radius 3 is 1.94 bits per heavy atom. The molecule has 10 rings (SSSR count). The number of benzene rings is 8. The van der Waals surface area contributed by atoms with Gasteiger partial charge in [0.05, 0.1) is 28.1 Å². The molecular formula is C48H32N2. The van der Waals surface area contributed by atoms with Crippen molar-refractivity contribution in [2.75, 3.05) is 4.90 Å². The molecule has 0 bridgehead atoms. The maximum atomic E-state index is 2.50. The van der Waals surface area contributed by atoms with Crippen LogP contribution in [0.2, 0.25) is 0 Å². The van der Waals surface area contributed by atoms with Crippen LogP contribution in [0.15, 0.2) is 188 Å². The third-order valence-corrected chi connectivity index (χ3v) is 10.1. The molecule has 0 atom stereocenters. The lowest BCUT2D eigenvalue weighted by atomic mass is 9.94. The lowest BCUT2D eigenvalue weighted by Gasteiger charge is -2.29. The second-order valence-corrected chi connectivity index (χ2v) is 12.9. The average molecular weight is 637 g/mol. The largest absolute Gasteiger partial charge is 0.309 e. The lowest BCUT2D eigenvalue weighted by molar-refractivity contribution is 1.17. The maximum Gasteiger partial charge on any atom is 0.0619 e. The highest BCUT2D eigenvalue weighted by atomic mass is 15.1. The van der Waals surface area contributed by atoms with Crippen LogP contribution in [0.3, 0.4) is 0 Å². The fourth-order valence-electron chi connectivity index (χ4n) is 7.91. The van der Waals surface area contributed by atoms with Crippen molar-refractivity contribution in [1.82, 2.24) is 4.57 Å². The second-order valence-electron chi connectivity index (χ2n) is 12.9. The van der Waals surface area contributed by atoms with E-state index in [9.17, 15) is 0 Å². The van der Waals surface area contributed by atoms with Gasteiger partial charge in [-0.3, -0.25) is 0 Å². The van der Waals surface area contributed by atoms with Gasteiger partial charge in [0.15, 0.2) is 0 Å². The summed E-state index contributed by atoms with van der Waals surface area (Å²) in [4.78, 5) is 2.45. The smallest absolute Gasteiger partial charge is 0.0619 e. The van der Waals surface area contributed by atoms with E-state index in [1.807, 2.05) is 0 Å². The molecule has 0 saturated carbocycles.